The van der Waals surface area contributed by atoms with E-state index in [0.29, 0.717) is 10.2 Å². The minimum absolute atomic E-state index is 0.546. The molecule has 2 rings (SSSR count). The van der Waals surface area contributed by atoms with E-state index < -0.39 is 11.2 Å². The Morgan fingerprint density at radius 3 is 2.84 bits per heavy atom. The van der Waals surface area contributed by atoms with Gasteiger partial charge in [-0.2, -0.15) is 5.26 Å². The number of nitrogens with zero attached hydrogens (tertiary/aromatic N) is 1. The predicted molar refractivity (Wildman–Crippen MR) is 79.2 cm³/mol. The minimum Gasteiger partial charge on any atom is -0.299 e. The van der Waals surface area contributed by atoms with Gasteiger partial charge in [0.25, 0.3) is 0 Å². The second-order valence-electron chi connectivity index (χ2n) is 4.08. The van der Waals surface area contributed by atoms with Gasteiger partial charge in [0, 0.05) is 9.86 Å². The molecule has 1 aromatic heterocycles. The summed E-state index contributed by atoms with van der Waals surface area (Å²) in [4.78, 5) is 19.9. The van der Waals surface area contributed by atoms with Crippen LogP contribution in [0, 0.1) is 6.92 Å². The molecule has 0 radical (unpaired) electrons. The first-order valence-electron chi connectivity index (χ1n) is 5.51. The third-order valence-electron chi connectivity index (χ3n) is 2.74. The van der Waals surface area contributed by atoms with Crippen molar-refractivity contribution in [2.45, 2.75) is 12.2 Å². The first kappa shape index (κ1) is 14.3. The highest BCUT2D eigenvalue weighted by Gasteiger charge is 2.25. The van der Waals surface area contributed by atoms with Crippen LogP contribution in [0.1, 0.15) is 16.5 Å². The van der Waals surface area contributed by atoms with Crippen molar-refractivity contribution in [2.75, 3.05) is 6.26 Å². The van der Waals surface area contributed by atoms with E-state index >= 15 is 0 Å². The number of halogens is 1. The molecular formula is C13H12BrNO3S. The van der Waals surface area contributed by atoms with E-state index in [2.05, 4.69) is 25.8 Å². The van der Waals surface area contributed by atoms with Gasteiger partial charge in [0.05, 0.1) is 11.2 Å². The molecule has 0 saturated heterocycles. The first-order chi connectivity index (χ1) is 9.06. The molecule has 19 heavy (non-hydrogen) atoms. The molecule has 100 valence electrons. The van der Waals surface area contributed by atoms with Crippen LogP contribution in [0.4, 0.5) is 0 Å². The van der Waals surface area contributed by atoms with Crippen LogP contribution in [0.15, 0.2) is 28.7 Å². The third kappa shape index (κ3) is 2.91. The average Bonchev–Trinajstić information content (AvgIpc) is 2.40. The Bertz CT molecular complexity index is 633. The highest BCUT2D eigenvalue weighted by atomic mass is 79.9. The Balaban J connectivity index is 2.59. The number of carbonyl (C=O) groups is 1. The molecule has 2 aromatic rings. The number of fused-ring (bicyclic) bond motifs is 1. The molecule has 0 aliphatic rings. The van der Waals surface area contributed by atoms with E-state index in [0.717, 1.165) is 16.5 Å². The Morgan fingerprint density at radius 1 is 1.47 bits per heavy atom. The molecular weight excluding hydrogens is 330 g/mol. The lowest BCUT2D eigenvalue weighted by atomic mass is 10.1. The fraction of sp³-hybridized carbons (Fsp3) is 0.231. The molecule has 0 amide bonds. The maximum Gasteiger partial charge on any atom is 0.360 e. The number of rotatable bonds is 3. The van der Waals surface area contributed by atoms with Crippen molar-refractivity contribution in [1.82, 2.24) is 4.98 Å². The zero-order valence-corrected chi connectivity index (χ0v) is 12.8. The molecule has 4 nitrogen and oxygen atoms in total. The van der Waals surface area contributed by atoms with Gasteiger partial charge in [-0.15, -0.1) is 11.8 Å². The van der Waals surface area contributed by atoms with E-state index in [1.165, 1.54) is 11.8 Å². The molecule has 0 spiro atoms. The molecule has 0 bridgehead atoms. The summed E-state index contributed by atoms with van der Waals surface area (Å²) in [6.07, 6.45) is 1.76. The molecule has 0 aliphatic heterocycles. The number of hydrogen-bond acceptors (Lipinski definition) is 5. The van der Waals surface area contributed by atoms with Gasteiger partial charge >= 0.3 is 5.97 Å². The van der Waals surface area contributed by atoms with Crippen LogP contribution in [-0.4, -0.2) is 22.5 Å². The van der Waals surface area contributed by atoms with E-state index in [9.17, 15) is 4.79 Å². The van der Waals surface area contributed by atoms with Gasteiger partial charge in [0.15, 0.2) is 0 Å². The Labute approximate surface area is 123 Å². The lowest BCUT2D eigenvalue weighted by Crippen LogP contribution is -2.13. The lowest BCUT2D eigenvalue weighted by molar-refractivity contribution is -0.233. The molecule has 0 fully saturated rings. The number of hydrogen-bond donors (Lipinski definition) is 1. The molecule has 1 N–H and O–H groups in total. The van der Waals surface area contributed by atoms with Gasteiger partial charge in [0.1, 0.15) is 5.25 Å². The topological polar surface area (TPSA) is 59.4 Å². The Kier molecular flexibility index (Phi) is 4.44. The summed E-state index contributed by atoms with van der Waals surface area (Å²) in [5.41, 5.74) is 2.45. The third-order valence-corrected chi connectivity index (χ3v) is 4.26. The second kappa shape index (κ2) is 5.90. The fourth-order valence-corrected chi connectivity index (χ4v) is 3.17. The van der Waals surface area contributed by atoms with Crippen LogP contribution in [0.25, 0.3) is 10.9 Å². The predicted octanol–water partition coefficient (Wildman–Crippen LogP) is 3.73. The molecule has 1 unspecified atom stereocenters. The SMILES string of the molecule is CSC(C(=O)OO)c1nc2cc(C)ccc2cc1Br. The van der Waals surface area contributed by atoms with Crippen LogP contribution >= 0.6 is 27.7 Å². The van der Waals surface area contributed by atoms with Crippen molar-refractivity contribution >= 4 is 44.6 Å². The Hall–Kier alpha value is -1.11. The maximum absolute atomic E-state index is 11.5. The van der Waals surface area contributed by atoms with Gasteiger partial charge in [-0.05, 0) is 46.8 Å². The molecule has 0 aliphatic carbocycles. The average molecular weight is 342 g/mol. The van der Waals surface area contributed by atoms with E-state index in [4.69, 9.17) is 5.26 Å². The number of benzene rings is 1. The summed E-state index contributed by atoms with van der Waals surface area (Å²) >= 11 is 4.67. The van der Waals surface area contributed by atoms with Gasteiger partial charge in [0.2, 0.25) is 0 Å². The molecule has 6 heteroatoms. The van der Waals surface area contributed by atoms with Crippen molar-refractivity contribution in [3.63, 3.8) is 0 Å². The highest BCUT2D eigenvalue weighted by molar-refractivity contribution is 9.10. The molecule has 1 atom stereocenters. The molecule has 1 aromatic carbocycles. The summed E-state index contributed by atoms with van der Waals surface area (Å²) < 4.78 is 0.716. The van der Waals surface area contributed by atoms with Gasteiger partial charge < -0.3 is 0 Å². The lowest BCUT2D eigenvalue weighted by Gasteiger charge is -2.13. The number of thioether (sulfide) groups is 1. The largest absolute Gasteiger partial charge is 0.360 e. The van der Waals surface area contributed by atoms with Crippen molar-refractivity contribution in [3.8, 4) is 0 Å². The van der Waals surface area contributed by atoms with Crippen LogP contribution in [0.2, 0.25) is 0 Å². The summed E-state index contributed by atoms with van der Waals surface area (Å²) in [5, 5.41) is 8.86. The normalized spacial score (nSPS) is 12.4. The zero-order chi connectivity index (χ0) is 14.0. The Morgan fingerprint density at radius 2 is 2.21 bits per heavy atom. The van der Waals surface area contributed by atoms with Crippen LogP contribution in [0.5, 0.6) is 0 Å². The zero-order valence-electron chi connectivity index (χ0n) is 10.4. The number of aromatic nitrogens is 1. The number of aryl methyl sites for hydroxylation is 1. The van der Waals surface area contributed by atoms with E-state index in [1.807, 2.05) is 31.2 Å². The summed E-state index contributed by atoms with van der Waals surface area (Å²) in [6.45, 7) is 1.98. The molecule has 1 heterocycles. The first-order valence-corrected chi connectivity index (χ1v) is 7.59. The van der Waals surface area contributed by atoms with E-state index in [-0.39, 0.29) is 0 Å². The van der Waals surface area contributed by atoms with Crippen molar-refractivity contribution < 1.29 is 14.9 Å². The minimum atomic E-state index is -0.729. The van der Waals surface area contributed by atoms with Gasteiger partial charge in [-0.1, -0.05) is 12.1 Å². The maximum atomic E-state index is 11.5. The quantitative estimate of drug-likeness (QED) is 0.680. The second-order valence-corrected chi connectivity index (χ2v) is 5.87. The van der Waals surface area contributed by atoms with Crippen LogP contribution < -0.4 is 0 Å². The number of carbonyl (C=O) groups excluding carboxylic acids is 1. The number of pyridine rings is 1. The van der Waals surface area contributed by atoms with Crippen molar-refractivity contribution in [3.05, 3.63) is 40.0 Å². The van der Waals surface area contributed by atoms with Gasteiger partial charge in [-0.3, -0.25) is 4.89 Å². The van der Waals surface area contributed by atoms with Crippen LogP contribution in [0.3, 0.4) is 0 Å². The smallest absolute Gasteiger partial charge is 0.299 e. The van der Waals surface area contributed by atoms with Crippen LogP contribution in [-0.2, 0) is 9.68 Å². The van der Waals surface area contributed by atoms with Gasteiger partial charge in [-0.25, -0.2) is 9.78 Å². The standard InChI is InChI=1S/C13H12BrNO3S/c1-7-3-4-8-6-9(14)11(15-10(8)5-7)12(19-2)13(16)18-17/h3-6,12,17H,1-2H3. The summed E-state index contributed by atoms with van der Waals surface area (Å²) in [7, 11) is 0. The van der Waals surface area contributed by atoms with Crippen molar-refractivity contribution in [1.29, 1.82) is 0 Å². The summed E-state index contributed by atoms with van der Waals surface area (Å²) in [5.74, 6) is -0.729. The highest BCUT2D eigenvalue weighted by Crippen LogP contribution is 2.33. The van der Waals surface area contributed by atoms with E-state index in [1.54, 1.807) is 6.26 Å². The fourth-order valence-electron chi connectivity index (χ4n) is 1.82. The summed E-state index contributed by atoms with van der Waals surface area (Å²) in [6, 6.07) is 7.84. The van der Waals surface area contributed by atoms with Crippen molar-refractivity contribution in [2.24, 2.45) is 0 Å². The monoisotopic (exact) mass is 341 g/mol. The molecule has 0 saturated carbocycles.